The fourth-order valence-corrected chi connectivity index (χ4v) is 0.0250. The third kappa shape index (κ3) is 85.6. The maximum absolute atomic E-state index is 7.48. The van der Waals surface area contributed by atoms with Crippen LogP contribution >= 0.6 is 9.24 Å². The molecule has 0 aromatic carbocycles. The number of nitrogens with zero attached hydrogens (tertiary/aromatic N) is 2. The molecule has 1 unspecified atom stereocenters. The molecule has 8 heavy (non-hydrogen) atoms. The molecule has 0 aliphatic rings. The summed E-state index contributed by atoms with van der Waals surface area (Å²) in [6, 6.07) is 0. The van der Waals surface area contributed by atoms with Crippen molar-refractivity contribution >= 4 is 9.24 Å². The van der Waals surface area contributed by atoms with Crippen LogP contribution < -0.4 is 5.32 Å². The predicted octanol–water partition coefficient (Wildman–Crippen LogP) is 0.543. The first-order valence-corrected chi connectivity index (χ1v) is 2.36. The molecule has 0 spiro atoms. The van der Waals surface area contributed by atoms with Crippen molar-refractivity contribution in [1.29, 1.82) is 10.5 Å². The van der Waals surface area contributed by atoms with Crippen LogP contribution in [0.2, 0.25) is 0 Å². The van der Waals surface area contributed by atoms with E-state index in [1.807, 2.05) is 0 Å². The number of nitriles is 2. The molecule has 0 saturated heterocycles. The summed E-state index contributed by atoms with van der Waals surface area (Å²) in [6.07, 6.45) is 2.81. The number of hydrogen-bond donors (Lipinski definition) is 1. The van der Waals surface area contributed by atoms with E-state index in [9.17, 15) is 0 Å². The highest BCUT2D eigenvalue weighted by molar-refractivity contribution is 7.20. The van der Waals surface area contributed by atoms with Gasteiger partial charge >= 0.3 is 0 Å². The molecule has 0 aromatic rings. The van der Waals surface area contributed by atoms with E-state index in [4.69, 9.17) is 10.5 Å². The Kier molecular flexibility index (Phi) is 21.0. The molecule has 0 saturated carbocycles. The molecule has 0 aromatic heterocycles. The van der Waals surface area contributed by atoms with Crippen LogP contribution in [0.1, 0.15) is 0 Å². The Labute approximate surface area is 50.8 Å². The van der Waals surface area contributed by atoms with Crippen LogP contribution in [0.25, 0.3) is 0 Å². The molecule has 1 atom stereocenters. The molecule has 4 heteroatoms. The SMILES string of the molecule is C=CP.N#CNC#N. The standard InChI is InChI=1S/C2HN3.C2H5P/c3-1-5-2-4;1-2-3/h5H;2H,1,3H2. The Morgan fingerprint density at radius 1 is 1.50 bits per heavy atom. The van der Waals surface area contributed by atoms with Gasteiger partial charge in [-0.1, -0.05) is 12.4 Å². The molecule has 0 radical (unpaired) electrons. The summed E-state index contributed by atoms with van der Waals surface area (Å²) in [7, 11) is 2.34. The fraction of sp³-hybridized carbons (Fsp3) is 0. The molecule has 0 bridgehead atoms. The molecule has 0 heterocycles. The van der Waals surface area contributed by atoms with Gasteiger partial charge in [-0.15, -0.1) is 9.24 Å². The Bertz CT molecular complexity index is 106. The van der Waals surface area contributed by atoms with Crippen molar-refractivity contribution in [3.05, 3.63) is 12.4 Å². The minimum Gasteiger partial charge on any atom is -0.229 e. The Hall–Kier alpha value is -1.05. The summed E-state index contributed by atoms with van der Waals surface area (Å²) >= 11 is 0. The molecule has 0 aliphatic carbocycles. The zero-order valence-corrected chi connectivity index (χ0v) is 5.41. The quantitative estimate of drug-likeness (QED) is 0.293. The molecule has 0 amide bonds. The van der Waals surface area contributed by atoms with Gasteiger partial charge in [-0.3, -0.25) is 0 Å². The van der Waals surface area contributed by atoms with E-state index in [1.165, 1.54) is 12.4 Å². The van der Waals surface area contributed by atoms with Gasteiger partial charge in [0.25, 0.3) is 0 Å². The molecular formula is C4H6N3P. The van der Waals surface area contributed by atoms with Gasteiger partial charge in [0, 0.05) is 0 Å². The largest absolute Gasteiger partial charge is 0.229 e. The van der Waals surface area contributed by atoms with E-state index in [0.717, 1.165) is 0 Å². The monoisotopic (exact) mass is 127 g/mol. The van der Waals surface area contributed by atoms with E-state index in [2.05, 4.69) is 15.8 Å². The zero-order valence-electron chi connectivity index (χ0n) is 4.26. The van der Waals surface area contributed by atoms with Crippen LogP contribution in [0.4, 0.5) is 0 Å². The lowest BCUT2D eigenvalue weighted by atomic mass is 11.2. The predicted molar refractivity (Wildman–Crippen MR) is 34.3 cm³/mol. The normalized spacial score (nSPS) is 3.88. The van der Waals surface area contributed by atoms with Gasteiger partial charge in [0.2, 0.25) is 0 Å². The summed E-state index contributed by atoms with van der Waals surface area (Å²) in [6.45, 7) is 3.32. The molecular weight excluding hydrogens is 121 g/mol. The number of nitrogens with one attached hydrogen (secondary N) is 1. The van der Waals surface area contributed by atoms with Gasteiger partial charge in [0.15, 0.2) is 12.4 Å². The summed E-state index contributed by atoms with van der Waals surface area (Å²) in [5.74, 6) is 1.67. The summed E-state index contributed by atoms with van der Waals surface area (Å²) in [5, 5.41) is 16.7. The molecule has 3 nitrogen and oxygen atoms in total. The van der Waals surface area contributed by atoms with Gasteiger partial charge in [0.05, 0.1) is 0 Å². The maximum atomic E-state index is 7.48. The van der Waals surface area contributed by atoms with Gasteiger partial charge in [-0.25, -0.2) is 5.32 Å². The van der Waals surface area contributed by atoms with Gasteiger partial charge in [-0.2, -0.15) is 10.5 Å². The van der Waals surface area contributed by atoms with Crippen molar-refractivity contribution in [2.24, 2.45) is 0 Å². The van der Waals surface area contributed by atoms with Gasteiger partial charge in [-0.05, 0) is 0 Å². The molecule has 42 valence electrons. The van der Waals surface area contributed by atoms with Gasteiger partial charge in [0.1, 0.15) is 0 Å². The first-order chi connectivity index (χ1) is 3.83. The van der Waals surface area contributed by atoms with Crippen LogP contribution in [0, 0.1) is 22.9 Å². The maximum Gasteiger partial charge on any atom is 0.190 e. The van der Waals surface area contributed by atoms with Crippen molar-refractivity contribution in [3.63, 3.8) is 0 Å². The highest BCUT2D eigenvalue weighted by Crippen LogP contribution is 1.69. The highest BCUT2D eigenvalue weighted by atomic mass is 31.0. The minimum atomic E-state index is 1.41. The van der Waals surface area contributed by atoms with E-state index in [-0.39, 0.29) is 0 Å². The fourth-order valence-electron chi connectivity index (χ4n) is 0.0250. The van der Waals surface area contributed by atoms with Crippen molar-refractivity contribution in [2.75, 3.05) is 0 Å². The van der Waals surface area contributed by atoms with Crippen molar-refractivity contribution < 1.29 is 0 Å². The second-order valence-corrected chi connectivity index (χ2v) is 1.06. The van der Waals surface area contributed by atoms with Crippen LogP contribution in [0.5, 0.6) is 0 Å². The molecule has 1 N–H and O–H groups in total. The number of rotatable bonds is 0. The summed E-state index contributed by atoms with van der Waals surface area (Å²) < 4.78 is 0. The first-order valence-electron chi connectivity index (χ1n) is 1.69. The Morgan fingerprint density at radius 3 is 1.75 bits per heavy atom. The third-order valence-corrected chi connectivity index (χ3v) is 0.112. The topological polar surface area (TPSA) is 59.6 Å². The lowest BCUT2D eigenvalue weighted by Crippen LogP contribution is -1.88. The smallest absolute Gasteiger partial charge is 0.190 e. The summed E-state index contributed by atoms with van der Waals surface area (Å²) in [4.78, 5) is 0. The van der Waals surface area contributed by atoms with Crippen LogP contribution in [-0.2, 0) is 0 Å². The van der Waals surface area contributed by atoms with E-state index in [0.29, 0.717) is 0 Å². The first kappa shape index (κ1) is 10.0. The highest BCUT2D eigenvalue weighted by Gasteiger charge is 1.53. The average molecular weight is 127 g/mol. The van der Waals surface area contributed by atoms with E-state index >= 15 is 0 Å². The van der Waals surface area contributed by atoms with Crippen molar-refractivity contribution in [1.82, 2.24) is 5.32 Å². The second-order valence-electron chi connectivity index (χ2n) is 0.584. The van der Waals surface area contributed by atoms with Crippen molar-refractivity contribution in [3.8, 4) is 12.4 Å². The summed E-state index contributed by atoms with van der Waals surface area (Å²) in [5.41, 5.74) is 0. The lowest BCUT2D eigenvalue weighted by molar-refractivity contribution is 1.20. The zero-order chi connectivity index (χ0) is 6.83. The van der Waals surface area contributed by atoms with Crippen molar-refractivity contribution in [2.45, 2.75) is 0 Å². The van der Waals surface area contributed by atoms with E-state index in [1.54, 1.807) is 11.1 Å². The lowest BCUT2D eigenvalue weighted by Gasteiger charge is -1.56. The van der Waals surface area contributed by atoms with E-state index < -0.39 is 0 Å². The van der Waals surface area contributed by atoms with Crippen LogP contribution in [-0.4, -0.2) is 0 Å². The van der Waals surface area contributed by atoms with Crippen LogP contribution in [0.3, 0.4) is 0 Å². The second kappa shape index (κ2) is 16.8. The minimum absolute atomic E-state index is 1.41. The third-order valence-electron chi connectivity index (χ3n) is 0.112. The Balaban J connectivity index is 0. The van der Waals surface area contributed by atoms with Crippen LogP contribution in [0.15, 0.2) is 12.4 Å². The Morgan fingerprint density at radius 2 is 1.75 bits per heavy atom. The molecule has 0 aliphatic heterocycles. The molecule has 0 fully saturated rings. The number of hydrogen-bond acceptors (Lipinski definition) is 3. The molecule has 0 rings (SSSR count). The average Bonchev–Trinajstić information content (AvgIpc) is 1.71. The van der Waals surface area contributed by atoms with Gasteiger partial charge < -0.3 is 0 Å².